The number of alkyl halides is 3. The summed E-state index contributed by atoms with van der Waals surface area (Å²) < 4.78 is 39.7. The van der Waals surface area contributed by atoms with E-state index in [1.807, 2.05) is 0 Å². The normalized spacial score (nSPS) is 11.2. The zero-order valence-electron chi connectivity index (χ0n) is 15.5. The second-order valence-corrected chi connectivity index (χ2v) is 6.75. The van der Waals surface area contributed by atoms with Crippen molar-refractivity contribution in [3.63, 3.8) is 0 Å². The number of benzene rings is 2. The van der Waals surface area contributed by atoms with E-state index in [0.29, 0.717) is 10.7 Å². The second-order valence-electron chi connectivity index (χ2n) is 6.32. The topological polar surface area (TPSA) is 80.1 Å². The Morgan fingerprint density at radius 3 is 2.60 bits per heavy atom. The average molecular weight is 438 g/mol. The van der Waals surface area contributed by atoms with Crippen LogP contribution in [0.3, 0.4) is 0 Å². The van der Waals surface area contributed by atoms with E-state index < -0.39 is 23.6 Å². The first-order valence-corrected chi connectivity index (χ1v) is 8.92. The zero-order valence-corrected chi connectivity index (χ0v) is 16.3. The molecule has 1 aromatic heterocycles. The molecule has 2 amide bonds. The lowest BCUT2D eigenvalue weighted by atomic mass is 10.2. The van der Waals surface area contributed by atoms with E-state index in [2.05, 4.69) is 15.6 Å². The van der Waals surface area contributed by atoms with Crippen molar-refractivity contribution in [2.24, 2.45) is 0 Å². The minimum atomic E-state index is -4.51. The van der Waals surface area contributed by atoms with Crippen LogP contribution >= 0.6 is 11.6 Å². The van der Waals surface area contributed by atoms with Crippen LogP contribution in [0.1, 0.15) is 16.1 Å². The molecule has 1 N–H and O–H groups in total. The quantitative estimate of drug-likeness (QED) is 0.660. The van der Waals surface area contributed by atoms with Gasteiger partial charge >= 0.3 is 6.18 Å². The standard InChI is InChI=1S/C19H15ClF3N5O2/c1-27(11-17(29)24-14-6-3-5-13(20)9-14)18(30)16-10-28(26-25-16)15-7-2-4-12(8-15)19(21,22)23/h2-10H,11H2,1H3,(H,24,29). The van der Waals surface area contributed by atoms with E-state index in [1.165, 1.54) is 25.4 Å². The minimum absolute atomic E-state index is 0.0951. The number of rotatable bonds is 5. The Balaban J connectivity index is 1.67. The number of aromatic nitrogens is 3. The van der Waals surface area contributed by atoms with Gasteiger partial charge in [0.15, 0.2) is 5.69 Å². The van der Waals surface area contributed by atoms with Crippen LogP contribution in [0.2, 0.25) is 5.02 Å². The van der Waals surface area contributed by atoms with Gasteiger partial charge in [0.05, 0.1) is 24.0 Å². The highest BCUT2D eigenvalue weighted by molar-refractivity contribution is 6.30. The molecular formula is C19H15ClF3N5O2. The van der Waals surface area contributed by atoms with Gasteiger partial charge in [-0.2, -0.15) is 13.2 Å². The number of hydrogen-bond acceptors (Lipinski definition) is 4. The predicted molar refractivity (Wildman–Crippen MR) is 103 cm³/mol. The van der Waals surface area contributed by atoms with Crippen LogP contribution in [-0.2, 0) is 11.0 Å². The molecule has 3 aromatic rings. The maximum absolute atomic E-state index is 12.9. The van der Waals surface area contributed by atoms with Gasteiger partial charge in [-0.15, -0.1) is 5.10 Å². The van der Waals surface area contributed by atoms with Gasteiger partial charge in [-0.05, 0) is 36.4 Å². The second kappa shape index (κ2) is 8.54. The fourth-order valence-electron chi connectivity index (χ4n) is 2.56. The molecule has 30 heavy (non-hydrogen) atoms. The summed E-state index contributed by atoms with van der Waals surface area (Å²) in [6.45, 7) is -0.276. The van der Waals surface area contributed by atoms with Crippen LogP contribution in [0, 0.1) is 0 Å². The number of carbonyl (C=O) groups is 2. The molecule has 0 fully saturated rings. The number of hydrogen-bond donors (Lipinski definition) is 1. The lowest BCUT2D eigenvalue weighted by Gasteiger charge is -2.15. The first-order chi connectivity index (χ1) is 14.1. The highest BCUT2D eigenvalue weighted by Crippen LogP contribution is 2.30. The third kappa shape index (κ3) is 5.15. The Bertz CT molecular complexity index is 1080. The van der Waals surface area contributed by atoms with Gasteiger partial charge < -0.3 is 10.2 Å². The van der Waals surface area contributed by atoms with Crippen LogP contribution < -0.4 is 5.32 Å². The van der Waals surface area contributed by atoms with Gasteiger partial charge in [-0.25, -0.2) is 4.68 Å². The molecule has 0 aliphatic carbocycles. The van der Waals surface area contributed by atoms with Gasteiger partial charge in [-0.1, -0.05) is 28.9 Å². The molecule has 11 heteroatoms. The molecule has 0 saturated carbocycles. The molecule has 0 aliphatic heterocycles. The van der Waals surface area contributed by atoms with Crippen molar-refractivity contribution in [3.8, 4) is 5.69 Å². The van der Waals surface area contributed by atoms with E-state index in [-0.39, 0.29) is 17.9 Å². The van der Waals surface area contributed by atoms with Crippen LogP contribution in [0.15, 0.2) is 54.7 Å². The van der Waals surface area contributed by atoms with Crippen molar-refractivity contribution in [2.75, 3.05) is 18.9 Å². The van der Waals surface area contributed by atoms with Crippen molar-refractivity contribution in [3.05, 3.63) is 71.0 Å². The summed E-state index contributed by atoms with van der Waals surface area (Å²) in [5.41, 5.74) is -0.398. The van der Waals surface area contributed by atoms with Crippen LogP contribution in [0.5, 0.6) is 0 Å². The smallest absolute Gasteiger partial charge is 0.331 e. The number of carbonyl (C=O) groups excluding carboxylic acids is 2. The molecular weight excluding hydrogens is 423 g/mol. The SMILES string of the molecule is CN(CC(=O)Nc1cccc(Cl)c1)C(=O)c1cn(-c2cccc(C(F)(F)F)c2)nn1. The molecule has 0 spiro atoms. The summed E-state index contributed by atoms with van der Waals surface area (Å²) in [7, 11) is 1.39. The van der Waals surface area contributed by atoms with Gasteiger partial charge in [0.25, 0.3) is 5.91 Å². The lowest BCUT2D eigenvalue weighted by molar-refractivity contribution is -0.137. The Morgan fingerprint density at radius 2 is 1.90 bits per heavy atom. The molecule has 0 saturated heterocycles. The van der Waals surface area contributed by atoms with Gasteiger partial charge in [0.1, 0.15) is 0 Å². The average Bonchev–Trinajstić information content (AvgIpc) is 3.17. The van der Waals surface area contributed by atoms with Crippen LogP contribution in [0.4, 0.5) is 18.9 Å². The number of nitrogens with zero attached hydrogens (tertiary/aromatic N) is 4. The monoisotopic (exact) mass is 437 g/mol. The molecule has 0 unspecified atom stereocenters. The first kappa shape index (κ1) is 21.3. The van der Waals surface area contributed by atoms with Crippen molar-refractivity contribution in [1.29, 1.82) is 0 Å². The third-order valence-electron chi connectivity index (χ3n) is 3.99. The molecule has 0 aliphatic rings. The fourth-order valence-corrected chi connectivity index (χ4v) is 2.75. The Labute approximate surface area is 174 Å². The van der Waals surface area contributed by atoms with Crippen molar-refractivity contribution >= 4 is 29.1 Å². The van der Waals surface area contributed by atoms with Gasteiger partial charge in [-0.3, -0.25) is 9.59 Å². The highest BCUT2D eigenvalue weighted by Gasteiger charge is 2.30. The van der Waals surface area contributed by atoms with E-state index in [1.54, 1.807) is 24.3 Å². The number of halogens is 4. The fraction of sp³-hybridized carbons (Fsp3) is 0.158. The molecule has 0 atom stereocenters. The summed E-state index contributed by atoms with van der Waals surface area (Å²) in [5, 5.41) is 10.5. The van der Waals surface area contributed by atoms with Crippen molar-refractivity contribution in [2.45, 2.75) is 6.18 Å². The van der Waals surface area contributed by atoms with E-state index in [9.17, 15) is 22.8 Å². The predicted octanol–water partition coefficient (Wildman–Crippen LogP) is 3.65. The number of nitrogens with one attached hydrogen (secondary N) is 1. The van der Waals surface area contributed by atoms with Crippen LogP contribution in [-0.4, -0.2) is 45.3 Å². The first-order valence-electron chi connectivity index (χ1n) is 8.54. The van der Waals surface area contributed by atoms with Crippen molar-refractivity contribution < 1.29 is 22.8 Å². The van der Waals surface area contributed by atoms with E-state index in [0.717, 1.165) is 21.7 Å². The summed E-state index contributed by atoms with van der Waals surface area (Å²) in [5.74, 6) is -1.08. The van der Waals surface area contributed by atoms with Crippen molar-refractivity contribution in [1.82, 2.24) is 19.9 Å². The maximum Gasteiger partial charge on any atom is 0.416 e. The zero-order chi connectivity index (χ0) is 21.9. The minimum Gasteiger partial charge on any atom is -0.331 e. The van der Waals surface area contributed by atoms with E-state index in [4.69, 9.17) is 11.6 Å². The molecule has 2 aromatic carbocycles. The molecule has 0 radical (unpaired) electrons. The Hall–Kier alpha value is -3.40. The highest BCUT2D eigenvalue weighted by atomic mass is 35.5. The number of likely N-dealkylation sites (N-methyl/N-ethyl adjacent to an activating group) is 1. The lowest BCUT2D eigenvalue weighted by Crippen LogP contribution is -2.35. The largest absolute Gasteiger partial charge is 0.416 e. The number of amides is 2. The summed E-state index contributed by atoms with van der Waals surface area (Å²) >= 11 is 5.86. The Kier molecular flexibility index (Phi) is 6.06. The molecule has 7 nitrogen and oxygen atoms in total. The van der Waals surface area contributed by atoms with Gasteiger partial charge in [0, 0.05) is 17.8 Å². The Morgan fingerprint density at radius 1 is 1.17 bits per heavy atom. The summed E-state index contributed by atoms with van der Waals surface area (Å²) in [6.07, 6.45) is -3.31. The maximum atomic E-state index is 12.9. The summed E-state index contributed by atoms with van der Waals surface area (Å²) in [4.78, 5) is 25.7. The molecule has 156 valence electrons. The molecule has 0 bridgehead atoms. The molecule has 1 heterocycles. The summed E-state index contributed by atoms with van der Waals surface area (Å²) in [6, 6.07) is 11.0. The van der Waals surface area contributed by atoms with E-state index >= 15 is 0 Å². The van der Waals surface area contributed by atoms with Gasteiger partial charge in [0.2, 0.25) is 5.91 Å². The number of anilines is 1. The third-order valence-corrected chi connectivity index (χ3v) is 4.22. The van der Waals surface area contributed by atoms with Crippen LogP contribution in [0.25, 0.3) is 5.69 Å². The molecule has 3 rings (SSSR count).